The molecule has 1 aliphatic heterocycles. The SMILES string of the molecule is CC(=O)NC(C#Cc1ccccc1Cl)C[C@H]1CCC2=C1[C@@H](C)C1=CNN(c3ccc(F)cc3)C1=C2. The van der Waals surface area contributed by atoms with Crippen LogP contribution >= 0.6 is 11.6 Å². The van der Waals surface area contributed by atoms with Crippen molar-refractivity contribution in [1.82, 2.24) is 10.7 Å². The van der Waals surface area contributed by atoms with Crippen molar-refractivity contribution in [3.63, 3.8) is 0 Å². The molecule has 5 rings (SSSR count). The molecule has 6 heteroatoms. The standard InChI is InChI=1S/C29H27ClFN3O/c1-18-26-17-32-34(25-13-10-23(31)11-14-25)28(26)16-22-8-7-21(29(18)22)15-24(33-19(2)35)12-9-20-5-3-4-6-27(20)30/h3-6,10-11,13-14,16-18,21,24,32H,7-8,15H2,1-2H3,(H,33,35)/t18-,21+,24?/m0/s1. The Balaban J connectivity index is 1.40. The fourth-order valence-electron chi connectivity index (χ4n) is 5.37. The predicted octanol–water partition coefficient (Wildman–Crippen LogP) is 5.87. The molecule has 1 amide bonds. The second-order valence-electron chi connectivity index (χ2n) is 9.25. The number of hydrogen-bond acceptors (Lipinski definition) is 3. The first-order chi connectivity index (χ1) is 16.9. The molecule has 0 spiro atoms. The lowest BCUT2D eigenvalue weighted by Crippen LogP contribution is -2.34. The van der Waals surface area contributed by atoms with Crippen molar-refractivity contribution < 1.29 is 9.18 Å². The lowest BCUT2D eigenvalue weighted by atomic mass is 9.78. The zero-order chi connectivity index (χ0) is 24.5. The van der Waals surface area contributed by atoms with Gasteiger partial charge in [0.05, 0.1) is 22.4 Å². The Morgan fingerprint density at radius 2 is 2.03 bits per heavy atom. The number of nitrogens with one attached hydrogen (secondary N) is 2. The van der Waals surface area contributed by atoms with Gasteiger partial charge < -0.3 is 10.7 Å². The molecule has 35 heavy (non-hydrogen) atoms. The van der Waals surface area contributed by atoms with Crippen LogP contribution in [0.4, 0.5) is 10.1 Å². The molecule has 0 aromatic heterocycles. The van der Waals surface area contributed by atoms with Gasteiger partial charge in [0.25, 0.3) is 0 Å². The van der Waals surface area contributed by atoms with E-state index in [0.29, 0.717) is 10.9 Å². The first-order valence-corrected chi connectivity index (χ1v) is 12.3. The summed E-state index contributed by atoms with van der Waals surface area (Å²) in [5.41, 5.74) is 10.1. The minimum absolute atomic E-state index is 0.0906. The molecule has 3 atom stereocenters. The number of hydrogen-bond donors (Lipinski definition) is 2. The summed E-state index contributed by atoms with van der Waals surface area (Å²) >= 11 is 6.27. The van der Waals surface area contributed by atoms with Gasteiger partial charge >= 0.3 is 0 Å². The minimum Gasteiger partial charge on any atom is -0.343 e. The number of carbonyl (C=O) groups excluding carboxylic acids is 1. The highest BCUT2D eigenvalue weighted by Crippen LogP contribution is 2.48. The highest BCUT2D eigenvalue weighted by atomic mass is 35.5. The molecule has 2 aromatic rings. The van der Waals surface area contributed by atoms with Crippen molar-refractivity contribution in [2.75, 3.05) is 5.01 Å². The smallest absolute Gasteiger partial charge is 0.217 e. The molecular weight excluding hydrogens is 461 g/mol. The number of hydrazine groups is 1. The Morgan fingerprint density at radius 3 is 2.77 bits per heavy atom. The number of halogens is 2. The van der Waals surface area contributed by atoms with Crippen LogP contribution in [0.5, 0.6) is 0 Å². The van der Waals surface area contributed by atoms with Gasteiger partial charge in [0.1, 0.15) is 5.82 Å². The fourth-order valence-corrected chi connectivity index (χ4v) is 5.56. The second kappa shape index (κ2) is 9.64. The van der Waals surface area contributed by atoms with Crippen molar-refractivity contribution >= 4 is 23.2 Å². The van der Waals surface area contributed by atoms with Crippen LogP contribution < -0.4 is 15.8 Å². The predicted molar refractivity (Wildman–Crippen MR) is 138 cm³/mol. The summed E-state index contributed by atoms with van der Waals surface area (Å²) in [6, 6.07) is 13.7. The lowest BCUT2D eigenvalue weighted by Gasteiger charge is -2.30. The molecular formula is C29H27ClFN3O. The first kappa shape index (κ1) is 23.3. The van der Waals surface area contributed by atoms with E-state index in [9.17, 15) is 9.18 Å². The fraction of sp³-hybridized carbons (Fsp3) is 0.276. The molecule has 2 aromatic carbocycles. The molecule has 0 bridgehead atoms. The summed E-state index contributed by atoms with van der Waals surface area (Å²) in [7, 11) is 0. The summed E-state index contributed by atoms with van der Waals surface area (Å²) in [6.45, 7) is 3.77. The van der Waals surface area contributed by atoms with Crippen LogP contribution in [-0.4, -0.2) is 11.9 Å². The van der Waals surface area contributed by atoms with E-state index in [1.807, 2.05) is 35.5 Å². The number of nitrogens with zero attached hydrogens (tertiary/aromatic N) is 1. The molecule has 0 saturated heterocycles. The Labute approximate surface area is 210 Å². The zero-order valence-electron chi connectivity index (χ0n) is 19.7. The number of carbonyl (C=O) groups is 1. The largest absolute Gasteiger partial charge is 0.343 e. The third kappa shape index (κ3) is 4.72. The van der Waals surface area contributed by atoms with E-state index in [2.05, 4.69) is 35.6 Å². The average molecular weight is 488 g/mol. The first-order valence-electron chi connectivity index (χ1n) is 11.9. The lowest BCUT2D eigenvalue weighted by molar-refractivity contribution is -0.119. The van der Waals surface area contributed by atoms with Crippen molar-refractivity contribution in [1.29, 1.82) is 0 Å². The van der Waals surface area contributed by atoms with E-state index in [1.165, 1.54) is 35.8 Å². The molecule has 0 fully saturated rings. The van der Waals surface area contributed by atoms with E-state index >= 15 is 0 Å². The van der Waals surface area contributed by atoms with Gasteiger partial charge in [-0.25, -0.2) is 4.39 Å². The second-order valence-corrected chi connectivity index (χ2v) is 9.65. The summed E-state index contributed by atoms with van der Waals surface area (Å²) in [5.74, 6) is 6.65. The maximum absolute atomic E-state index is 13.4. The maximum Gasteiger partial charge on any atom is 0.217 e. The van der Waals surface area contributed by atoms with Gasteiger partial charge in [0.15, 0.2) is 0 Å². The van der Waals surface area contributed by atoms with Crippen LogP contribution in [0.3, 0.4) is 0 Å². The van der Waals surface area contributed by atoms with Crippen LogP contribution in [0.25, 0.3) is 0 Å². The Kier molecular flexibility index (Phi) is 6.40. The summed E-state index contributed by atoms with van der Waals surface area (Å²) in [6.07, 6.45) is 7.07. The highest BCUT2D eigenvalue weighted by Gasteiger charge is 2.38. The van der Waals surface area contributed by atoms with Crippen molar-refractivity contribution in [2.24, 2.45) is 11.8 Å². The van der Waals surface area contributed by atoms with Crippen LogP contribution in [0, 0.1) is 29.5 Å². The number of benzene rings is 2. The molecule has 3 aliphatic rings. The molecule has 1 heterocycles. The third-order valence-corrected chi connectivity index (χ3v) is 7.27. The Morgan fingerprint density at radius 1 is 1.26 bits per heavy atom. The van der Waals surface area contributed by atoms with Gasteiger partial charge in [-0.3, -0.25) is 9.80 Å². The van der Waals surface area contributed by atoms with Crippen LogP contribution in [0.15, 0.2) is 83.2 Å². The highest BCUT2D eigenvalue weighted by molar-refractivity contribution is 6.31. The van der Waals surface area contributed by atoms with E-state index in [4.69, 9.17) is 11.6 Å². The molecule has 2 aliphatic carbocycles. The summed E-state index contributed by atoms with van der Waals surface area (Å²) in [4.78, 5) is 11.9. The van der Waals surface area contributed by atoms with E-state index in [-0.39, 0.29) is 23.7 Å². The Bertz CT molecular complexity index is 1320. The van der Waals surface area contributed by atoms with E-state index < -0.39 is 0 Å². The molecule has 4 nitrogen and oxygen atoms in total. The van der Waals surface area contributed by atoms with Crippen LogP contribution in [-0.2, 0) is 4.79 Å². The number of amides is 1. The minimum atomic E-state index is -0.260. The van der Waals surface area contributed by atoms with Gasteiger partial charge in [-0.05, 0) is 73.2 Å². The Hall–Kier alpha value is -3.49. The number of anilines is 1. The summed E-state index contributed by atoms with van der Waals surface area (Å²) < 4.78 is 13.4. The zero-order valence-corrected chi connectivity index (χ0v) is 20.5. The van der Waals surface area contributed by atoms with Crippen molar-refractivity contribution in [3.8, 4) is 11.8 Å². The van der Waals surface area contributed by atoms with E-state index in [0.717, 1.165) is 36.2 Å². The third-order valence-electron chi connectivity index (χ3n) is 6.94. The molecule has 2 N–H and O–H groups in total. The van der Waals surface area contributed by atoms with Gasteiger partial charge in [-0.1, -0.05) is 48.1 Å². The van der Waals surface area contributed by atoms with Crippen LogP contribution in [0.1, 0.15) is 38.7 Å². The van der Waals surface area contributed by atoms with Crippen LogP contribution in [0.2, 0.25) is 5.02 Å². The molecule has 1 unspecified atom stereocenters. The molecule has 0 radical (unpaired) electrons. The van der Waals surface area contributed by atoms with Gasteiger partial charge in [-0.2, -0.15) is 0 Å². The van der Waals surface area contributed by atoms with Crippen molar-refractivity contribution in [2.45, 2.75) is 39.2 Å². The summed E-state index contributed by atoms with van der Waals surface area (Å²) in [5, 5.41) is 5.65. The number of fused-ring (bicyclic) bond motifs is 1. The normalized spacial score (nSPS) is 21.2. The molecule has 178 valence electrons. The topological polar surface area (TPSA) is 44.4 Å². The monoisotopic (exact) mass is 487 g/mol. The number of rotatable bonds is 4. The maximum atomic E-state index is 13.4. The quantitative estimate of drug-likeness (QED) is 0.530. The average Bonchev–Trinajstić information content (AvgIpc) is 3.44. The van der Waals surface area contributed by atoms with Crippen molar-refractivity contribution in [3.05, 3.63) is 99.6 Å². The van der Waals surface area contributed by atoms with Gasteiger partial charge in [-0.15, -0.1) is 0 Å². The number of allylic oxidation sites excluding steroid dienone is 4. The van der Waals surface area contributed by atoms with E-state index in [1.54, 1.807) is 12.1 Å². The van der Waals surface area contributed by atoms with Gasteiger partial charge in [0, 0.05) is 30.2 Å². The molecule has 0 saturated carbocycles. The van der Waals surface area contributed by atoms with Gasteiger partial charge in [0.2, 0.25) is 5.91 Å².